The van der Waals surface area contributed by atoms with E-state index in [0.717, 1.165) is 0 Å². The average Bonchev–Trinajstić information content (AvgIpc) is 2.78. The van der Waals surface area contributed by atoms with Gasteiger partial charge in [0.05, 0.1) is 6.61 Å². The molecule has 0 radical (unpaired) electrons. The fraction of sp³-hybridized carbons (Fsp3) is 0.176. The second kappa shape index (κ2) is 5.64. The number of aromatic nitrogens is 1. The SMILES string of the molecule is CCOc1ccc(/C=C2\OC(=O)c3c2cc(C)[nH]c3=O)cc1O. The number of hydrogen-bond donors (Lipinski definition) is 2. The first-order valence-electron chi connectivity index (χ1n) is 7.13. The summed E-state index contributed by atoms with van der Waals surface area (Å²) in [6, 6.07) is 6.54. The van der Waals surface area contributed by atoms with Crippen LogP contribution in [0, 0.1) is 6.92 Å². The molecule has 0 saturated heterocycles. The molecule has 0 amide bonds. The van der Waals surface area contributed by atoms with E-state index in [0.29, 0.717) is 29.2 Å². The number of cyclic esters (lactones) is 1. The van der Waals surface area contributed by atoms with Crippen molar-refractivity contribution in [3.8, 4) is 11.5 Å². The highest BCUT2D eigenvalue weighted by Gasteiger charge is 2.30. The maximum atomic E-state index is 11.9. The zero-order valence-corrected chi connectivity index (χ0v) is 12.7. The van der Waals surface area contributed by atoms with Crippen LogP contribution in [0.5, 0.6) is 11.5 Å². The molecule has 0 bridgehead atoms. The Morgan fingerprint density at radius 2 is 2.09 bits per heavy atom. The normalized spacial score (nSPS) is 14.7. The quantitative estimate of drug-likeness (QED) is 0.850. The minimum Gasteiger partial charge on any atom is -0.504 e. The maximum Gasteiger partial charge on any atom is 0.349 e. The van der Waals surface area contributed by atoms with Gasteiger partial charge in [0.15, 0.2) is 11.5 Å². The molecule has 3 rings (SSSR count). The monoisotopic (exact) mass is 313 g/mol. The number of aromatic hydroxyl groups is 1. The molecule has 1 aromatic heterocycles. The average molecular weight is 313 g/mol. The fourth-order valence-electron chi connectivity index (χ4n) is 2.45. The molecule has 0 spiro atoms. The Morgan fingerprint density at radius 3 is 2.78 bits per heavy atom. The van der Waals surface area contributed by atoms with Gasteiger partial charge in [-0.05, 0) is 43.7 Å². The largest absolute Gasteiger partial charge is 0.504 e. The smallest absolute Gasteiger partial charge is 0.349 e. The van der Waals surface area contributed by atoms with Crippen molar-refractivity contribution < 1.29 is 19.4 Å². The van der Waals surface area contributed by atoms with E-state index < -0.39 is 11.5 Å². The second-order valence-corrected chi connectivity index (χ2v) is 5.13. The van der Waals surface area contributed by atoms with E-state index in [-0.39, 0.29) is 17.1 Å². The van der Waals surface area contributed by atoms with E-state index in [9.17, 15) is 14.7 Å². The van der Waals surface area contributed by atoms with Gasteiger partial charge in [-0.15, -0.1) is 0 Å². The van der Waals surface area contributed by atoms with Gasteiger partial charge in [-0.25, -0.2) is 4.79 Å². The lowest BCUT2D eigenvalue weighted by atomic mass is 10.1. The van der Waals surface area contributed by atoms with Crippen LogP contribution in [-0.4, -0.2) is 22.7 Å². The summed E-state index contributed by atoms with van der Waals surface area (Å²) in [4.78, 5) is 26.3. The van der Waals surface area contributed by atoms with Gasteiger partial charge >= 0.3 is 5.97 Å². The summed E-state index contributed by atoms with van der Waals surface area (Å²) in [6.07, 6.45) is 1.60. The maximum absolute atomic E-state index is 11.9. The van der Waals surface area contributed by atoms with Crippen LogP contribution >= 0.6 is 0 Å². The van der Waals surface area contributed by atoms with Crippen molar-refractivity contribution in [2.75, 3.05) is 6.61 Å². The van der Waals surface area contributed by atoms with Gasteiger partial charge in [0, 0.05) is 11.3 Å². The zero-order chi connectivity index (χ0) is 16.6. The van der Waals surface area contributed by atoms with E-state index in [1.54, 1.807) is 31.2 Å². The standard InChI is InChI=1S/C17H15NO5/c1-3-22-13-5-4-10(7-12(13)19)8-14-11-6-9(2)18-16(20)15(11)17(21)23-14/h4-8,19H,3H2,1-2H3,(H,18,20)/b14-8-. The number of carbonyl (C=O) groups excluding carboxylic acids is 1. The minimum absolute atomic E-state index is 0.00277. The van der Waals surface area contributed by atoms with Gasteiger partial charge in [-0.1, -0.05) is 6.07 Å². The fourth-order valence-corrected chi connectivity index (χ4v) is 2.45. The topological polar surface area (TPSA) is 88.6 Å². The summed E-state index contributed by atoms with van der Waals surface area (Å²) in [6.45, 7) is 4.00. The number of ether oxygens (including phenoxy) is 2. The molecule has 2 aromatic rings. The molecular weight excluding hydrogens is 298 g/mol. The van der Waals surface area contributed by atoms with Crippen LogP contribution < -0.4 is 10.3 Å². The van der Waals surface area contributed by atoms with E-state index in [2.05, 4.69) is 4.98 Å². The van der Waals surface area contributed by atoms with Crippen LogP contribution in [0.25, 0.3) is 11.8 Å². The van der Waals surface area contributed by atoms with Crippen molar-refractivity contribution in [1.82, 2.24) is 4.98 Å². The zero-order valence-electron chi connectivity index (χ0n) is 12.7. The lowest BCUT2D eigenvalue weighted by Gasteiger charge is -2.06. The van der Waals surface area contributed by atoms with Gasteiger partial charge in [0.1, 0.15) is 11.3 Å². The van der Waals surface area contributed by atoms with Crippen molar-refractivity contribution in [1.29, 1.82) is 0 Å². The third kappa shape index (κ3) is 2.70. The van der Waals surface area contributed by atoms with Gasteiger partial charge in [-0.2, -0.15) is 0 Å². The lowest BCUT2D eigenvalue weighted by Crippen LogP contribution is -2.16. The molecular formula is C17H15NO5. The van der Waals surface area contributed by atoms with Gasteiger partial charge in [0.25, 0.3) is 5.56 Å². The second-order valence-electron chi connectivity index (χ2n) is 5.13. The minimum atomic E-state index is -0.678. The van der Waals surface area contributed by atoms with Crippen LogP contribution in [0.15, 0.2) is 29.1 Å². The molecule has 0 unspecified atom stereocenters. The van der Waals surface area contributed by atoms with Crippen molar-refractivity contribution in [2.24, 2.45) is 0 Å². The predicted molar refractivity (Wildman–Crippen MR) is 84.4 cm³/mol. The van der Waals surface area contributed by atoms with Crippen molar-refractivity contribution in [3.63, 3.8) is 0 Å². The number of H-pyrrole nitrogens is 1. The number of aromatic amines is 1. The highest BCUT2D eigenvalue weighted by Crippen LogP contribution is 2.32. The molecule has 0 atom stereocenters. The number of pyridine rings is 1. The predicted octanol–water partition coefficient (Wildman–Crippen LogP) is 2.46. The van der Waals surface area contributed by atoms with Crippen molar-refractivity contribution in [3.05, 3.63) is 57.0 Å². The number of phenolic OH excluding ortho intramolecular Hbond substituents is 1. The Balaban J connectivity index is 2.05. The number of benzene rings is 1. The Morgan fingerprint density at radius 1 is 1.30 bits per heavy atom. The molecule has 118 valence electrons. The molecule has 0 aliphatic carbocycles. The Bertz CT molecular complexity index is 879. The first-order chi connectivity index (χ1) is 11.0. The highest BCUT2D eigenvalue weighted by atomic mass is 16.5. The number of rotatable bonds is 3. The number of esters is 1. The van der Waals surface area contributed by atoms with E-state index in [1.165, 1.54) is 6.07 Å². The summed E-state index contributed by atoms with van der Waals surface area (Å²) in [5.41, 5.74) is 1.23. The summed E-state index contributed by atoms with van der Waals surface area (Å²) in [5, 5.41) is 9.91. The Labute approximate surface area is 132 Å². The molecule has 6 nitrogen and oxygen atoms in total. The van der Waals surface area contributed by atoms with Crippen LogP contribution in [0.2, 0.25) is 0 Å². The van der Waals surface area contributed by atoms with Crippen molar-refractivity contribution >= 4 is 17.8 Å². The number of fused-ring (bicyclic) bond motifs is 1. The molecule has 1 aliphatic heterocycles. The molecule has 2 N–H and O–H groups in total. The molecule has 2 heterocycles. The van der Waals surface area contributed by atoms with Crippen LogP contribution in [0.4, 0.5) is 0 Å². The summed E-state index contributed by atoms with van der Waals surface area (Å²) >= 11 is 0. The van der Waals surface area contributed by atoms with Crippen LogP contribution in [0.1, 0.15) is 34.1 Å². The first kappa shape index (κ1) is 14.9. The molecule has 6 heteroatoms. The number of hydrogen-bond acceptors (Lipinski definition) is 5. The van der Waals surface area contributed by atoms with Crippen LogP contribution in [0.3, 0.4) is 0 Å². The van der Waals surface area contributed by atoms with E-state index in [4.69, 9.17) is 9.47 Å². The number of aryl methyl sites for hydroxylation is 1. The van der Waals surface area contributed by atoms with Crippen molar-refractivity contribution in [2.45, 2.75) is 13.8 Å². The molecule has 1 aromatic carbocycles. The summed E-state index contributed by atoms with van der Waals surface area (Å²) in [7, 11) is 0. The summed E-state index contributed by atoms with van der Waals surface area (Å²) < 4.78 is 10.4. The van der Waals surface area contributed by atoms with Gasteiger partial charge < -0.3 is 19.6 Å². The highest BCUT2D eigenvalue weighted by molar-refractivity contribution is 6.05. The number of phenols is 1. The molecule has 0 saturated carbocycles. The molecule has 23 heavy (non-hydrogen) atoms. The molecule has 0 fully saturated rings. The van der Waals surface area contributed by atoms with E-state index in [1.807, 2.05) is 6.92 Å². The number of carbonyl (C=O) groups is 1. The first-order valence-corrected chi connectivity index (χ1v) is 7.13. The summed E-state index contributed by atoms with van der Waals surface area (Å²) in [5.74, 6) is -0.0241. The number of nitrogens with one attached hydrogen (secondary N) is 1. The van der Waals surface area contributed by atoms with Gasteiger partial charge in [-0.3, -0.25) is 4.79 Å². The Kier molecular flexibility index (Phi) is 3.65. The molecule has 1 aliphatic rings. The van der Waals surface area contributed by atoms with E-state index >= 15 is 0 Å². The third-order valence-corrected chi connectivity index (χ3v) is 3.42. The third-order valence-electron chi connectivity index (χ3n) is 3.42. The Hall–Kier alpha value is -3.02. The van der Waals surface area contributed by atoms with Gasteiger partial charge in [0.2, 0.25) is 0 Å². The van der Waals surface area contributed by atoms with Crippen LogP contribution in [-0.2, 0) is 4.74 Å². The lowest BCUT2D eigenvalue weighted by molar-refractivity contribution is 0.0715.